The molecule has 4 rings (SSSR count). The summed E-state index contributed by atoms with van der Waals surface area (Å²) in [7, 11) is 0. The molecule has 0 bridgehead atoms. The summed E-state index contributed by atoms with van der Waals surface area (Å²) < 4.78 is 1.04. The minimum Gasteiger partial charge on any atom is -0.394 e. The molecule has 132 valence electrons. The van der Waals surface area contributed by atoms with Gasteiger partial charge in [0.05, 0.1) is 22.9 Å². The van der Waals surface area contributed by atoms with Crippen LogP contribution in [-0.4, -0.2) is 43.6 Å². The first-order valence-corrected chi connectivity index (χ1v) is 10.4. The number of thioether (sulfide) groups is 1. The normalized spacial score (nSPS) is 15.4. The van der Waals surface area contributed by atoms with E-state index >= 15 is 0 Å². The van der Waals surface area contributed by atoms with E-state index in [1.54, 1.807) is 17.7 Å². The van der Waals surface area contributed by atoms with Crippen LogP contribution >= 0.6 is 23.1 Å². The highest BCUT2D eigenvalue weighted by Gasteiger charge is 2.25. The number of thiophene rings is 1. The van der Waals surface area contributed by atoms with Gasteiger partial charge in [0.1, 0.15) is 16.2 Å². The van der Waals surface area contributed by atoms with E-state index in [0.717, 1.165) is 32.9 Å². The molecule has 0 amide bonds. The van der Waals surface area contributed by atoms with Crippen molar-refractivity contribution in [3.8, 4) is 0 Å². The lowest BCUT2D eigenvalue weighted by atomic mass is 9.99. The molecule has 0 radical (unpaired) electrons. The number of fused-ring (bicyclic) bond motifs is 5. The molecule has 1 aliphatic rings. The van der Waals surface area contributed by atoms with Crippen LogP contribution in [0.3, 0.4) is 0 Å². The van der Waals surface area contributed by atoms with Crippen LogP contribution in [-0.2, 0) is 12.8 Å². The van der Waals surface area contributed by atoms with Crippen molar-refractivity contribution in [2.75, 3.05) is 12.4 Å². The predicted octanol–water partition coefficient (Wildman–Crippen LogP) is 3.30. The molecule has 0 fully saturated rings. The summed E-state index contributed by atoms with van der Waals surface area (Å²) in [5.41, 5.74) is 5.05. The Morgan fingerprint density at radius 1 is 1.24 bits per heavy atom. The quantitative estimate of drug-likeness (QED) is 0.526. The molecular weight excluding hydrogens is 354 g/mol. The van der Waals surface area contributed by atoms with Crippen molar-refractivity contribution in [3.05, 3.63) is 23.1 Å². The van der Waals surface area contributed by atoms with E-state index in [9.17, 15) is 5.11 Å². The van der Waals surface area contributed by atoms with Gasteiger partial charge in [0.2, 0.25) is 0 Å². The summed E-state index contributed by atoms with van der Waals surface area (Å²) in [6.45, 7) is 4.18. The lowest BCUT2D eigenvalue weighted by Gasteiger charge is -2.11. The van der Waals surface area contributed by atoms with Gasteiger partial charge in [-0.25, -0.2) is 15.0 Å². The molecule has 1 atom stereocenters. The van der Waals surface area contributed by atoms with Crippen LogP contribution in [0, 0.1) is 0 Å². The van der Waals surface area contributed by atoms with Crippen LogP contribution in [0.15, 0.2) is 11.4 Å². The second kappa shape index (κ2) is 6.79. The first kappa shape index (κ1) is 17.1. The van der Waals surface area contributed by atoms with Gasteiger partial charge in [0.15, 0.2) is 0 Å². The zero-order valence-corrected chi connectivity index (χ0v) is 16.0. The van der Waals surface area contributed by atoms with Crippen molar-refractivity contribution in [1.29, 1.82) is 0 Å². The molecule has 0 aliphatic heterocycles. The number of nitrogens with zero attached hydrogens (tertiary/aromatic N) is 3. The average molecular weight is 376 g/mol. The zero-order valence-electron chi connectivity index (χ0n) is 14.3. The van der Waals surface area contributed by atoms with Crippen LogP contribution in [0.2, 0.25) is 0 Å². The van der Waals surface area contributed by atoms with Gasteiger partial charge in [-0.15, -0.1) is 23.1 Å². The van der Waals surface area contributed by atoms with E-state index in [1.807, 2.05) is 0 Å². The Labute approximate surface area is 154 Å². The summed E-state index contributed by atoms with van der Waals surface area (Å²) in [5, 5.41) is 20.7. The third-order valence-corrected chi connectivity index (χ3v) is 6.98. The van der Waals surface area contributed by atoms with Crippen LogP contribution < -0.4 is 0 Å². The van der Waals surface area contributed by atoms with Crippen LogP contribution in [0.1, 0.15) is 43.0 Å². The van der Waals surface area contributed by atoms with Crippen LogP contribution in [0.5, 0.6) is 0 Å². The molecule has 3 aromatic rings. The molecule has 0 aromatic carbocycles. The maximum Gasteiger partial charge on any atom is 0.126 e. The van der Waals surface area contributed by atoms with Gasteiger partial charge in [0, 0.05) is 16.8 Å². The molecular formula is C18H21N3O2S2. The second-order valence-corrected chi connectivity index (χ2v) is 8.76. The molecule has 3 heterocycles. The fraction of sp³-hybridized carbons (Fsp3) is 0.500. The number of aliphatic hydroxyl groups excluding tert-OH is 2. The first-order valence-electron chi connectivity index (χ1n) is 8.60. The third kappa shape index (κ3) is 2.93. The summed E-state index contributed by atoms with van der Waals surface area (Å²) in [6.07, 6.45) is 4.25. The van der Waals surface area contributed by atoms with Gasteiger partial charge in [-0.2, -0.15) is 0 Å². The Hall–Kier alpha value is -1.28. The van der Waals surface area contributed by atoms with E-state index in [1.165, 1.54) is 40.4 Å². The molecule has 5 nitrogen and oxygen atoms in total. The van der Waals surface area contributed by atoms with Gasteiger partial charge in [-0.1, -0.05) is 13.8 Å². The highest BCUT2D eigenvalue weighted by atomic mass is 32.2. The molecule has 1 aliphatic carbocycles. The Morgan fingerprint density at radius 2 is 2.04 bits per heavy atom. The minimum absolute atomic E-state index is 0.236. The van der Waals surface area contributed by atoms with Gasteiger partial charge < -0.3 is 10.2 Å². The Bertz CT molecular complexity index is 939. The summed E-state index contributed by atoms with van der Waals surface area (Å²) in [6, 6.07) is 0. The monoisotopic (exact) mass is 375 g/mol. The number of aryl methyl sites for hydroxylation is 1. The van der Waals surface area contributed by atoms with Crippen molar-refractivity contribution in [1.82, 2.24) is 15.0 Å². The summed E-state index contributed by atoms with van der Waals surface area (Å²) >= 11 is 3.11. The van der Waals surface area contributed by atoms with Crippen molar-refractivity contribution in [2.24, 2.45) is 0 Å². The number of pyridine rings is 1. The smallest absolute Gasteiger partial charge is 0.126 e. The molecule has 0 saturated heterocycles. The Morgan fingerprint density at radius 3 is 2.80 bits per heavy atom. The highest BCUT2D eigenvalue weighted by molar-refractivity contribution is 7.99. The largest absolute Gasteiger partial charge is 0.394 e. The molecule has 0 spiro atoms. The molecule has 7 heteroatoms. The molecule has 25 heavy (non-hydrogen) atoms. The fourth-order valence-electron chi connectivity index (χ4n) is 3.51. The Kier molecular flexibility index (Phi) is 4.66. The number of aliphatic hydroxyl groups is 2. The SMILES string of the molecule is CC(C)c1nc2sc3c(SC[C@H](O)CO)ncnc3c2c2c1CCC2. The van der Waals surface area contributed by atoms with Gasteiger partial charge >= 0.3 is 0 Å². The van der Waals surface area contributed by atoms with Gasteiger partial charge in [-0.3, -0.25) is 0 Å². The topological polar surface area (TPSA) is 79.1 Å². The predicted molar refractivity (Wildman–Crippen MR) is 103 cm³/mol. The third-order valence-electron chi connectivity index (χ3n) is 4.64. The van der Waals surface area contributed by atoms with Crippen molar-refractivity contribution in [3.63, 3.8) is 0 Å². The fourth-order valence-corrected chi connectivity index (χ4v) is 5.67. The van der Waals surface area contributed by atoms with Crippen molar-refractivity contribution in [2.45, 2.75) is 50.2 Å². The second-order valence-electron chi connectivity index (χ2n) is 6.75. The summed E-state index contributed by atoms with van der Waals surface area (Å²) in [5.74, 6) is 0.834. The van der Waals surface area contributed by atoms with Gasteiger partial charge in [-0.05, 0) is 36.3 Å². The van der Waals surface area contributed by atoms with Crippen molar-refractivity contribution < 1.29 is 10.2 Å². The maximum atomic E-state index is 9.63. The number of hydrogen-bond donors (Lipinski definition) is 2. The maximum absolute atomic E-state index is 9.63. The van der Waals surface area contributed by atoms with E-state index in [-0.39, 0.29) is 6.61 Å². The van der Waals surface area contributed by atoms with Gasteiger partial charge in [0.25, 0.3) is 0 Å². The zero-order chi connectivity index (χ0) is 17.6. The van der Waals surface area contributed by atoms with E-state index < -0.39 is 6.10 Å². The lowest BCUT2D eigenvalue weighted by molar-refractivity contribution is 0.113. The molecule has 3 aromatic heterocycles. The van der Waals surface area contributed by atoms with E-state index in [0.29, 0.717) is 11.7 Å². The average Bonchev–Trinajstić information content (AvgIpc) is 3.22. The molecule has 0 saturated carbocycles. The van der Waals surface area contributed by atoms with Crippen LogP contribution in [0.4, 0.5) is 0 Å². The van der Waals surface area contributed by atoms with Crippen molar-refractivity contribution >= 4 is 43.5 Å². The lowest BCUT2D eigenvalue weighted by Crippen LogP contribution is -2.14. The number of rotatable bonds is 5. The van der Waals surface area contributed by atoms with E-state index in [2.05, 4.69) is 23.8 Å². The first-order chi connectivity index (χ1) is 12.1. The van der Waals surface area contributed by atoms with E-state index in [4.69, 9.17) is 10.1 Å². The molecule has 0 unspecified atom stereocenters. The minimum atomic E-state index is -0.737. The standard InChI is InChI=1S/C18H21N3O2S2/c1-9(2)14-12-5-3-4-11(12)13-15-16(25-17(13)21-14)18(20-8-19-15)24-7-10(23)6-22/h8-10,22-23H,3-7H2,1-2H3/t10-/m1/s1. The highest BCUT2D eigenvalue weighted by Crippen LogP contribution is 2.42. The number of hydrogen-bond acceptors (Lipinski definition) is 7. The van der Waals surface area contributed by atoms with Crippen LogP contribution in [0.25, 0.3) is 20.4 Å². The Balaban J connectivity index is 1.90. The number of aromatic nitrogens is 3. The summed E-state index contributed by atoms with van der Waals surface area (Å²) in [4.78, 5) is 15.0. The molecule has 2 N–H and O–H groups in total.